The van der Waals surface area contributed by atoms with E-state index in [1.54, 1.807) is 0 Å². The van der Waals surface area contributed by atoms with Crippen LogP contribution in [0.3, 0.4) is 0 Å². The molecule has 2 aromatic carbocycles. The summed E-state index contributed by atoms with van der Waals surface area (Å²) in [7, 11) is -4.60. The fourth-order valence-corrected chi connectivity index (χ4v) is 2.65. The van der Waals surface area contributed by atoms with E-state index in [9.17, 15) is 18.0 Å². The van der Waals surface area contributed by atoms with E-state index in [1.807, 2.05) is 0 Å². The summed E-state index contributed by atoms with van der Waals surface area (Å²) in [6, 6.07) is 5.53. The van der Waals surface area contributed by atoms with Crippen LogP contribution in [0.5, 0.6) is 0 Å². The van der Waals surface area contributed by atoms with Gasteiger partial charge in [0, 0.05) is 10.8 Å². The predicted molar refractivity (Wildman–Crippen MR) is 74.8 cm³/mol. The van der Waals surface area contributed by atoms with E-state index in [4.69, 9.17) is 14.8 Å². The monoisotopic (exact) mass is 320 g/mol. The Hall–Kier alpha value is -1.45. The second-order valence-corrected chi connectivity index (χ2v) is 5.31. The summed E-state index contributed by atoms with van der Waals surface area (Å²) in [5.41, 5.74) is -0.712. The summed E-state index contributed by atoms with van der Waals surface area (Å²) in [6.07, 6.45) is 0. The molecular weight excluding hydrogens is 311 g/mol. The molecule has 2 rings (SSSR count). The number of aromatic carboxylic acids is 2. The topological polar surface area (TPSA) is 129 Å². The number of benzene rings is 2. The van der Waals surface area contributed by atoms with Crippen LogP contribution in [-0.2, 0) is 10.1 Å². The van der Waals surface area contributed by atoms with Crippen LogP contribution < -0.4 is 0 Å². The zero-order valence-corrected chi connectivity index (χ0v) is 10.6. The first-order valence-corrected chi connectivity index (χ1v) is 6.67. The average Bonchev–Trinajstić information content (AvgIpc) is 2.34. The van der Waals surface area contributed by atoms with Crippen LogP contribution in [0.2, 0.25) is 0 Å². The number of hydrogen-bond acceptors (Lipinski definition) is 4. The van der Waals surface area contributed by atoms with Crippen molar-refractivity contribution in [2.24, 2.45) is 0 Å². The quantitative estimate of drug-likeness (QED) is 0.564. The van der Waals surface area contributed by atoms with Gasteiger partial charge in [0.15, 0.2) is 0 Å². The van der Waals surface area contributed by atoms with E-state index >= 15 is 0 Å². The van der Waals surface area contributed by atoms with E-state index in [1.165, 1.54) is 12.1 Å². The maximum absolute atomic E-state index is 11.3. The second kappa shape index (κ2) is 6.12. The molecule has 0 fully saturated rings. The summed E-state index contributed by atoms with van der Waals surface area (Å²) in [5.74, 6) is -2.80. The van der Waals surface area contributed by atoms with Gasteiger partial charge in [-0.15, -0.1) is 0 Å². The van der Waals surface area contributed by atoms with Gasteiger partial charge >= 0.3 is 41.5 Å². The molecule has 0 aliphatic carbocycles. The van der Waals surface area contributed by atoms with Crippen molar-refractivity contribution in [2.45, 2.75) is 4.90 Å². The van der Waals surface area contributed by atoms with Gasteiger partial charge in [0.2, 0.25) is 0 Å². The van der Waals surface area contributed by atoms with Crippen LogP contribution >= 0.6 is 0 Å². The van der Waals surface area contributed by atoms with Crippen LogP contribution in [0, 0.1) is 0 Å². The number of hydrogen-bond donors (Lipinski definition) is 3. The molecule has 0 saturated carbocycles. The summed E-state index contributed by atoms with van der Waals surface area (Å²) in [6.45, 7) is 0. The molecule has 0 aliphatic heterocycles. The van der Waals surface area contributed by atoms with Crippen molar-refractivity contribution in [1.29, 1.82) is 0 Å². The molecule has 21 heavy (non-hydrogen) atoms. The molecule has 2 aromatic rings. The minimum absolute atomic E-state index is 0. The molecule has 0 aliphatic rings. The zero-order chi connectivity index (χ0) is 15.1. The van der Waals surface area contributed by atoms with Gasteiger partial charge in [-0.3, -0.25) is 4.55 Å². The minimum atomic E-state index is -4.60. The molecule has 0 unspecified atom stereocenters. The molecule has 0 atom stereocenters. The van der Waals surface area contributed by atoms with Crippen LogP contribution in [0.4, 0.5) is 0 Å². The Labute approximate surface area is 141 Å². The fraction of sp³-hybridized carbons (Fsp3) is 0. The summed E-state index contributed by atoms with van der Waals surface area (Å²) < 4.78 is 31.7. The van der Waals surface area contributed by atoms with Gasteiger partial charge in [0.05, 0.1) is 11.1 Å². The number of carboxylic acid groups (broad SMARTS) is 2. The van der Waals surface area contributed by atoms with Crippen molar-refractivity contribution in [3.63, 3.8) is 0 Å². The van der Waals surface area contributed by atoms with Gasteiger partial charge in [-0.05, 0) is 18.2 Å². The number of rotatable bonds is 3. The zero-order valence-electron chi connectivity index (χ0n) is 9.77. The SMILES string of the molecule is O=C(O)c1cccc2c(S(=O)(=O)O)ccc(C(=O)O)c12.[NaH]. The Bertz CT molecular complexity index is 822. The molecule has 0 spiro atoms. The van der Waals surface area contributed by atoms with Crippen molar-refractivity contribution >= 4 is 62.4 Å². The van der Waals surface area contributed by atoms with Crippen molar-refractivity contribution in [1.82, 2.24) is 0 Å². The van der Waals surface area contributed by atoms with E-state index in [0.717, 1.165) is 18.2 Å². The Balaban J connectivity index is 0.00000220. The molecule has 106 valence electrons. The van der Waals surface area contributed by atoms with Crippen LogP contribution in [0.15, 0.2) is 35.2 Å². The summed E-state index contributed by atoms with van der Waals surface area (Å²) in [5, 5.41) is 17.7. The first-order valence-electron chi connectivity index (χ1n) is 5.23. The standard InChI is InChI=1S/C12H8O7S.Na.H/c13-11(14)7-3-1-2-6-9(20(17,18)19)5-4-8(10(6)7)12(15)16;;/h1-5H,(H,13,14)(H,15,16)(H,17,18,19);;. The van der Waals surface area contributed by atoms with Crippen molar-refractivity contribution in [2.75, 3.05) is 0 Å². The average molecular weight is 320 g/mol. The molecule has 0 amide bonds. The maximum atomic E-state index is 11.3. The van der Waals surface area contributed by atoms with Crippen molar-refractivity contribution in [3.8, 4) is 0 Å². The van der Waals surface area contributed by atoms with Crippen LogP contribution in [-0.4, -0.2) is 64.7 Å². The van der Waals surface area contributed by atoms with E-state index in [0.29, 0.717) is 0 Å². The summed E-state index contributed by atoms with van der Waals surface area (Å²) in [4.78, 5) is 21.8. The second-order valence-electron chi connectivity index (χ2n) is 3.92. The number of fused-ring (bicyclic) bond motifs is 1. The van der Waals surface area contributed by atoms with Gasteiger partial charge < -0.3 is 10.2 Å². The molecule has 0 heterocycles. The van der Waals surface area contributed by atoms with Gasteiger partial charge in [0.25, 0.3) is 10.1 Å². The Kier molecular flexibility index (Phi) is 5.13. The number of carboxylic acids is 2. The molecule has 0 saturated heterocycles. The van der Waals surface area contributed by atoms with Crippen LogP contribution in [0.1, 0.15) is 20.7 Å². The van der Waals surface area contributed by atoms with Crippen LogP contribution in [0.25, 0.3) is 10.8 Å². The Morgan fingerprint density at radius 2 is 1.43 bits per heavy atom. The van der Waals surface area contributed by atoms with Gasteiger partial charge in [-0.1, -0.05) is 12.1 Å². The van der Waals surface area contributed by atoms with Crippen molar-refractivity contribution < 1.29 is 32.8 Å². The van der Waals surface area contributed by atoms with Gasteiger partial charge in [-0.2, -0.15) is 8.42 Å². The Morgan fingerprint density at radius 3 is 1.90 bits per heavy atom. The van der Waals surface area contributed by atoms with Gasteiger partial charge in [0.1, 0.15) is 4.90 Å². The molecular formula is C12H9NaO7S. The van der Waals surface area contributed by atoms with Crippen molar-refractivity contribution in [3.05, 3.63) is 41.5 Å². The molecule has 0 bridgehead atoms. The Morgan fingerprint density at radius 1 is 0.905 bits per heavy atom. The predicted octanol–water partition coefficient (Wildman–Crippen LogP) is 0.834. The fourth-order valence-electron chi connectivity index (χ4n) is 1.96. The first-order chi connectivity index (χ1) is 9.23. The van der Waals surface area contributed by atoms with E-state index in [-0.39, 0.29) is 51.5 Å². The normalized spacial score (nSPS) is 10.9. The van der Waals surface area contributed by atoms with E-state index in [2.05, 4.69) is 0 Å². The molecule has 0 radical (unpaired) electrons. The third kappa shape index (κ3) is 3.25. The third-order valence-electron chi connectivity index (χ3n) is 2.74. The molecule has 0 aromatic heterocycles. The third-order valence-corrected chi connectivity index (χ3v) is 3.65. The van der Waals surface area contributed by atoms with E-state index < -0.39 is 27.0 Å². The summed E-state index contributed by atoms with van der Waals surface area (Å²) >= 11 is 0. The van der Waals surface area contributed by atoms with Gasteiger partial charge in [-0.25, -0.2) is 9.59 Å². The molecule has 7 nitrogen and oxygen atoms in total. The molecule has 9 heteroatoms. The number of carbonyl (C=O) groups is 2. The first kappa shape index (κ1) is 17.6. The molecule has 3 N–H and O–H groups in total.